The van der Waals surface area contributed by atoms with E-state index in [1.54, 1.807) is 0 Å². The Morgan fingerprint density at radius 1 is 0.282 bits per heavy atom. The van der Waals surface area contributed by atoms with Crippen molar-refractivity contribution in [2.75, 3.05) is 39.6 Å². The van der Waals surface area contributed by atoms with Crippen molar-refractivity contribution in [3.8, 4) is 0 Å². The maximum Gasteiger partial charge on any atom is 0.472 e. The van der Waals surface area contributed by atoms with Crippen LogP contribution in [0.1, 0.15) is 440 Å². The highest BCUT2D eigenvalue weighted by molar-refractivity contribution is 7.47. The lowest BCUT2D eigenvalue weighted by atomic mass is 10.00. The summed E-state index contributed by atoms with van der Waals surface area (Å²) in [6, 6.07) is 0. The number of phosphoric ester groups is 2. The Balaban J connectivity index is 5.23. The van der Waals surface area contributed by atoms with Gasteiger partial charge in [-0.3, -0.25) is 37.3 Å². The number of unbranched alkanes of at least 4 members (excludes halogenated alkanes) is 49. The smallest absolute Gasteiger partial charge is 0.462 e. The summed E-state index contributed by atoms with van der Waals surface area (Å²) in [5.41, 5.74) is 0. The lowest BCUT2D eigenvalue weighted by Gasteiger charge is -2.21. The van der Waals surface area contributed by atoms with Crippen molar-refractivity contribution in [1.29, 1.82) is 0 Å². The van der Waals surface area contributed by atoms with E-state index in [9.17, 15) is 43.2 Å². The summed E-state index contributed by atoms with van der Waals surface area (Å²) in [4.78, 5) is 73.1. The number of ether oxygens (including phenoxy) is 4. The van der Waals surface area contributed by atoms with Gasteiger partial charge in [0.25, 0.3) is 0 Å². The van der Waals surface area contributed by atoms with Crippen LogP contribution in [0.15, 0.2) is 0 Å². The molecule has 0 radical (unpaired) electrons. The Morgan fingerprint density at radius 3 is 0.738 bits per heavy atom. The second kappa shape index (κ2) is 74.2. The number of carbonyl (C=O) groups is 4. The molecule has 0 saturated carbocycles. The van der Waals surface area contributed by atoms with Crippen LogP contribution in [-0.4, -0.2) is 96.7 Å². The Bertz CT molecular complexity index is 1990. The molecular weight excluding hydrogens is 1340 g/mol. The first-order valence-corrected chi connectivity index (χ1v) is 46.4. The van der Waals surface area contributed by atoms with Crippen LogP contribution >= 0.6 is 15.6 Å². The van der Waals surface area contributed by atoms with E-state index in [4.69, 9.17) is 37.0 Å². The van der Waals surface area contributed by atoms with Gasteiger partial charge in [0.05, 0.1) is 26.4 Å². The molecule has 3 unspecified atom stereocenters. The average molecular weight is 1510 g/mol. The normalized spacial score (nSPS) is 14.2. The van der Waals surface area contributed by atoms with Gasteiger partial charge in [-0.05, 0) is 43.4 Å². The number of aliphatic hydroxyl groups is 1. The summed E-state index contributed by atoms with van der Waals surface area (Å²) in [7, 11) is -9.93. The van der Waals surface area contributed by atoms with Crippen molar-refractivity contribution in [3.63, 3.8) is 0 Å². The van der Waals surface area contributed by atoms with E-state index in [-0.39, 0.29) is 25.7 Å². The predicted octanol–water partition coefficient (Wildman–Crippen LogP) is 25.3. The van der Waals surface area contributed by atoms with Crippen LogP contribution in [0.3, 0.4) is 0 Å². The second-order valence-corrected chi connectivity index (χ2v) is 34.3. The molecular formula is C84H164O17P2. The van der Waals surface area contributed by atoms with Crippen LogP contribution in [0, 0.1) is 17.8 Å². The van der Waals surface area contributed by atoms with Crippen molar-refractivity contribution in [2.45, 2.75) is 458 Å². The topological polar surface area (TPSA) is 237 Å². The zero-order chi connectivity index (χ0) is 75.8. The van der Waals surface area contributed by atoms with Crippen LogP contribution in [0.25, 0.3) is 0 Å². The maximum atomic E-state index is 13.1. The average Bonchev–Trinajstić information content (AvgIpc) is 0.909. The molecule has 0 aromatic rings. The second-order valence-electron chi connectivity index (χ2n) is 31.4. The van der Waals surface area contributed by atoms with E-state index in [0.717, 1.165) is 114 Å². The maximum absolute atomic E-state index is 13.1. The highest BCUT2D eigenvalue weighted by Crippen LogP contribution is 2.45. The predicted molar refractivity (Wildman–Crippen MR) is 423 cm³/mol. The van der Waals surface area contributed by atoms with Crippen LogP contribution < -0.4 is 0 Å². The van der Waals surface area contributed by atoms with Crippen LogP contribution in [0.5, 0.6) is 0 Å². The lowest BCUT2D eigenvalue weighted by Crippen LogP contribution is -2.30. The Labute approximate surface area is 632 Å². The first-order chi connectivity index (χ1) is 49.8. The van der Waals surface area contributed by atoms with Gasteiger partial charge in [0.15, 0.2) is 12.2 Å². The molecule has 0 aliphatic heterocycles. The van der Waals surface area contributed by atoms with Gasteiger partial charge >= 0.3 is 39.5 Å². The van der Waals surface area contributed by atoms with E-state index >= 15 is 0 Å². The van der Waals surface area contributed by atoms with Gasteiger partial charge in [0.1, 0.15) is 19.3 Å². The molecule has 17 nitrogen and oxygen atoms in total. The Hall–Kier alpha value is -1.94. The van der Waals surface area contributed by atoms with Crippen molar-refractivity contribution in [3.05, 3.63) is 0 Å². The largest absolute Gasteiger partial charge is 0.472 e. The number of carbonyl (C=O) groups excluding carboxylic acids is 4. The number of aliphatic hydroxyl groups excluding tert-OH is 1. The molecule has 0 aliphatic carbocycles. The molecule has 0 aromatic carbocycles. The summed E-state index contributed by atoms with van der Waals surface area (Å²) in [5.74, 6) is 0.208. The molecule has 19 heteroatoms. The molecule has 0 saturated heterocycles. The van der Waals surface area contributed by atoms with Gasteiger partial charge in [-0.1, -0.05) is 389 Å². The minimum atomic E-state index is -4.96. The fourth-order valence-corrected chi connectivity index (χ4v) is 14.6. The van der Waals surface area contributed by atoms with Crippen LogP contribution in [0.2, 0.25) is 0 Å². The van der Waals surface area contributed by atoms with Gasteiger partial charge in [0.2, 0.25) is 0 Å². The number of esters is 4. The summed E-state index contributed by atoms with van der Waals surface area (Å²) >= 11 is 0. The summed E-state index contributed by atoms with van der Waals surface area (Å²) in [5, 5.41) is 10.7. The highest BCUT2D eigenvalue weighted by atomic mass is 31.2. The van der Waals surface area contributed by atoms with Crippen LogP contribution in [0.4, 0.5) is 0 Å². The van der Waals surface area contributed by atoms with Crippen molar-refractivity contribution in [2.24, 2.45) is 17.8 Å². The van der Waals surface area contributed by atoms with Gasteiger partial charge in [0, 0.05) is 25.7 Å². The third-order valence-corrected chi connectivity index (χ3v) is 21.9. The number of hydrogen-bond acceptors (Lipinski definition) is 15. The van der Waals surface area contributed by atoms with E-state index in [2.05, 4.69) is 48.5 Å². The molecule has 0 fully saturated rings. The highest BCUT2D eigenvalue weighted by Gasteiger charge is 2.30. The molecule has 0 aliphatic rings. The van der Waals surface area contributed by atoms with E-state index in [1.165, 1.54) is 244 Å². The number of rotatable bonds is 82. The van der Waals surface area contributed by atoms with Crippen molar-refractivity contribution < 1.29 is 80.2 Å². The third-order valence-electron chi connectivity index (χ3n) is 20.0. The van der Waals surface area contributed by atoms with Gasteiger partial charge in [-0.25, -0.2) is 9.13 Å². The molecule has 0 bridgehead atoms. The minimum absolute atomic E-state index is 0.106. The zero-order valence-corrected chi connectivity index (χ0v) is 69.6. The minimum Gasteiger partial charge on any atom is -0.462 e. The summed E-state index contributed by atoms with van der Waals surface area (Å²) < 4.78 is 68.8. The fraction of sp³-hybridized carbons (Fsp3) is 0.952. The molecule has 6 atom stereocenters. The van der Waals surface area contributed by atoms with E-state index < -0.39 is 97.5 Å². The van der Waals surface area contributed by atoms with Crippen molar-refractivity contribution >= 4 is 39.5 Å². The van der Waals surface area contributed by atoms with Crippen molar-refractivity contribution in [1.82, 2.24) is 0 Å². The molecule has 0 aromatic heterocycles. The quantitative estimate of drug-likeness (QED) is 0.0222. The molecule has 0 rings (SSSR count). The number of hydrogen-bond donors (Lipinski definition) is 3. The summed E-state index contributed by atoms with van der Waals surface area (Å²) in [6.07, 6.45) is 64.0. The van der Waals surface area contributed by atoms with Gasteiger partial charge < -0.3 is 33.8 Å². The van der Waals surface area contributed by atoms with E-state index in [0.29, 0.717) is 25.7 Å². The first-order valence-electron chi connectivity index (χ1n) is 43.4. The van der Waals surface area contributed by atoms with Gasteiger partial charge in [-0.15, -0.1) is 0 Å². The molecule has 0 amide bonds. The lowest BCUT2D eigenvalue weighted by molar-refractivity contribution is -0.161. The summed E-state index contributed by atoms with van der Waals surface area (Å²) in [6.45, 7) is 12.0. The molecule has 0 spiro atoms. The first kappa shape index (κ1) is 101. The van der Waals surface area contributed by atoms with E-state index in [1.807, 2.05) is 0 Å². The number of phosphoric acid groups is 2. The standard InChI is InChI=1S/C84H164O17P2/c1-8-10-11-12-13-14-15-16-17-18-22-25-28-33-38-43-51-58-65-81(86)94-71-79(100-83(88)67-60-53-44-39-34-29-26-23-20-19-21-24-27-31-36-41-48-55-62-75(3)4)73-98-102(90,91)96-69-78(85)70-97-103(92,93)99-74-80(72-95-82(87)66-59-52-47-46-50-57-64-77(7)9-2)101-84(89)68-61-54-45-40-35-30-32-37-42-49-56-63-76(5)6/h75-80,85H,8-74H2,1-7H3,(H,90,91)(H,92,93)/t77?,78-,79-,80-/m1/s1. The third kappa shape index (κ3) is 76.6. The van der Waals surface area contributed by atoms with Crippen LogP contribution in [-0.2, 0) is 65.4 Å². The Morgan fingerprint density at radius 2 is 0.495 bits per heavy atom. The van der Waals surface area contributed by atoms with Gasteiger partial charge in [-0.2, -0.15) is 0 Å². The Kier molecular flexibility index (Phi) is 72.8. The zero-order valence-electron chi connectivity index (χ0n) is 67.8. The molecule has 0 heterocycles. The SMILES string of the molecule is CCCCCCCCCCCCCCCCCCCCC(=O)OC[C@H](COP(=O)(O)OC[C@@H](O)COP(=O)(O)OC[C@@H](COC(=O)CCCCCCCCC(C)CC)OC(=O)CCCCCCCCCCCCCC(C)C)OC(=O)CCCCCCCCCCCCCCCCCCCCC(C)C. The molecule has 612 valence electrons. The monoisotopic (exact) mass is 1510 g/mol. The fourth-order valence-electron chi connectivity index (χ4n) is 13.0. The molecule has 103 heavy (non-hydrogen) atoms. The molecule has 3 N–H and O–H groups in total.